The second-order valence-corrected chi connectivity index (χ2v) is 9.31. The van der Waals surface area contributed by atoms with Gasteiger partial charge in [0, 0.05) is 50.1 Å². The standard InChI is InChI=1S/C25H26F5N7O3/c1-24(39,13-40-18-6-9-32-21(34-18)25(28,29)30)15-12-33-22(31-2)35-19(15)14-7-10-37(11-8-14)23(38)36-20-16(26)4-3-5-17(20)27/h3-6,9,12,14,39H,7-8,10-11,13H2,1-2H3,(H,36,38)(H,31,33,35). The molecule has 0 spiro atoms. The molecule has 1 saturated heterocycles. The van der Waals surface area contributed by atoms with Crippen LogP contribution >= 0.6 is 0 Å². The molecule has 0 bridgehead atoms. The fraction of sp³-hybridized carbons (Fsp3) is 0.400. The third kappa shape index (κ3) is 6.52. The molecule has 1 aliphatic heterocycles. The summed E-state index contributed by atoms with van der Waals surface area (Å²) in [7, 11) is 1.61. The van der Waals surface area contributed by atoms with Crippen LogP contribution in [0.15, 0.2) is 36.7 Å². The third-order valence-corrected chi connectivity index (χ3v) is 6.37. The molecular weight excluding hydrogens is 541 g/mol. The van der Waals surface area contributed by atoms with Gasteiger partial charge in [0.1, 0.15) is 29.5 Å². The van der Waals surface area contributed by atoms with E-state index in [2.05, 4.69) is 30.6 Å². The number of para-hydroxylation sites is 1. The zero-order chi connectivity index (χ0) is 29.1. The van der Waals surface area contributed by atoms with Gasteiger partial charge in [-0.1, -0.05) is 6.07 Å². The molecular formula is C25H26F5N7O3. The summed E-state index contributed by atoms with van der Waals surface area (Å²) in [5.74, 6) is -3.51. The SMILES string of the molecule is CNc1ncc(C(C)(O)COc2ccnc(C(F)(F)F)n2)c(C2CCN(C(=O)Nc3c(F)cccc3F)CC2)n1. The Morgan fingerprint density at radius 2 is 1.80 bits per heavy atom. The number of halogens is 5. The second-order valence-electron chi connectivity index (χ2n) is 9.31. The van der Waals surface area contributed by atoms with Crippen LogP contribution in [0.2, 0.25) is 0 Å². The number of hydrogen-bond acceptors (Lipinski definition) is 8. The number of hydrogen-bond donors (Lipinski definition) is 3. The van der Waals surface area contributed by atoms with E-state index in [1.165, 1.54) is 24.1 Å². The number of aromatic nitrogens is 4. The first-order valence-electron chi connectivity index (χ1n) is 12.2. The molecule has 0 aliphatic carbocycles. The topological polar surface area (TPSA) is 125 Å². The molecule has 15 heteroatoms. The normalized spacial score (nSPS) is 15.8. The van der Waals surface area contributed by atoms with Crippen molar-refractivity contribution in [2.75, 3.05) is 37.4 Å². The van der Waals surface area contributed by atoms with E-state index in [4.69, 9.17) is 4.74 Å². The second kappa shape index (κ2) is 11.5. The summed E-state index contributed by atoms with van der Waals surface area (Å²) in [6, 6.07) is 3.75. The van der Waals surface area contributed by atoms with E-state index < -0.39 is 47.6 Å². The molecule has 214 valence electrons. The fourth-order valence-corrected chi connectivity index (χ4v) is 4.25. The van der Waals surface area contributed by atoms with Crippen molar-refractivity contribution in [3.8, 4) is 5.88 Å². The number of urea groups is 1. The molecule has 1 atom stereocenters. The van der Waals surface area contributed by atoms with Gasteiger partial charge < -0.3 is 25.4 Å². The van der Waals surface area contributed by atoms with Crippen LogP contribution in [0.25, 0.3) is 0 Å². The molecule has 3 N–H and O–H groups in total. The predicted molar refractivity (Wildman–Crippen MR) is 133 cm³/mol. The maximum Gasteiger partial charge on any atom is 0.451 e. The first-order valence-corrected chi connectivity index (χ1v) is 12.2. The number of amides is 2. The molecule has 0 saturated carbocycles. The fourth-order valence-electron chi connectivity index (χ4n) is 4.25. The highest BCUT2D eigenvalue weighted by Crippen LogP contribution is 2.35. The molecule has 1 unspecified atom stereocenters. The van der Waals surface area contributed by atoms with Gasteiger partial charge in [0.05, 0.1) is 5.69 Å². The van der Waals surface area contributed by atoms with Crippen molar-refractivity contribution < 1.29 is 36.6 Å². The van der Waals surface area contributed by atoms with Crippen LogP contribution in [0.1, 0.15) is 42.8 Å². The lowest BCUT2D eigenvalue weighted by atomic mass is 9.86. The highest BCUT2D eigenvalue weighted by molar-refractivity contribution is 5.89. The van der Waals surface area contributed by atoms with Crippen molar-refractivity contribution in [1.82, 2.24) is 24.8 Å². The average Bonchev–Trinajstić information content (AvgIpc) is 2.93. The van der Waals surface area contributed by atoms with Gasteiger partial charge in [-0.25, -0.2) is 28.5 Å². The summed E-state index contributed by atoms with van der Waals surface area (Å²) in [4.78, 5) is 29.3. The Balaban J connectivity index is 1.48. The predicted octanol–water partition coefficient (Wildman–Crippen LogP) is 4.30. The smallest absolute Gasteiger partial charge is 0.451 e. The maximum atomic E-state index is 13.9. The largest absolute Gasteiger partial charge is 0.474 e. The lowest BCUT2D eigenvalue weighted by Gasteiger charge is -2.34. The van der Waals surface area contributed by atoms with E-state index in [1.54, 1.807) is 7.05 Å². The summed E-state index contributed by atoms with van der Waals surface area (Å²) in [5.41, 5.74) is -1.52. The van der Waals surface area contributed by atoms with E-state index in [0.717, 1.165) is 24.4 Å². The Morgan fingerprint density at radius 3 is 2.42 bits per heavy atom. The minimum Gasteiger partial charge on any atom is -0.474 e. The highest BCUT2D eigenvalue weighted by Gasteiger charge is 2.36. The monoisotopic (exact) mass is 567 g/mol. The summed E-state index contributed by atoms with van der Waals surface area (Å²) in [5, 5.41) is 16.4. The van der Waals surface area contributed by atoms with Gasteiger partial charge in [0.15, 0.2) is 0 Å². The number of ether oxygens (including phenoxy) is 1. The Labute approximate surface area is 225 Å². The van der Waals surface area contributed by atoms with Crippen molar-refractivity contribution in [3.05, 3.63) is 65.4 Å². The molecule has 3 aromatic rings. The van der Waals surface area contributed by atoms with Gasteiger partial charge in [-0.05, 0) is 31.9 Å². The Morgan fingerprint density at radius 1 is 1.12 bits per heavy atom. The molecule has 4 rings (SSSR count). The van der Waals surface area contributed by atoms with Gasteiger partial charge >= 0.3 is 12.2 Å². The molecule has 40 heavy (non-hydrogen) atoms. The van der Waals surface area contributed by atoms with Gasteiger partial charge in [0.25, 0.3) is 0 Å². The zero-order valence-corrected chi connectivity index (χ0v) is 21.5. The van der Waals surface area contributed by atoms with Gasteiger partial charge in [-0.3, -0.25) is 0 Å². The van der Waals surface area contributed by atoms with E-state index in [0.29, 0.717) is 18.5 Å². The quantitative estimate of drug-likeness (QED) is 0.361. The minimum absolute atomic E-state index is 0.227. The number of carbonyl (C=O) groups excluding carboxylic acids is 1. The molecule has 2 amide bonds. The first kappa shape index (κ1) is 28.9. The number of carbonyl (C=O) groups is 1. The van der Waals surface area contributed by atoms with Crippen LogP contribution in [-0.2, 0) is 11.8 Å². The number of alkyl halides is 3. The molecule has 1 fully saturated rings. The molecule has 1 aliphatic rings. The lowest BCUT2D eigenvalue weighted by Crippen LogP contribution is -2.41. The molecule has 2 aromatic heterocycles. The molecule has 10 nitrogen and oxygen atoms in total. The molecule has 0 radical (unpaired) electrons. The number of aliphatic hydroxyl groups is 1. The van der Waals surface area contributed by atoms with Gasteiger partial charge in [-0.2, -0.15) is 18.2 Å². The summed E-state index contributed by atoms with van der Waals surface area (Å²) >= 11 is 0. The van der Waals surface area contributed by atoms with Crippen LogP contribution in [0.4, 0.5) is 38.4 Å². The minimum atomic E-state index is -4.76. The van der Waals surface area contributed by atoms with Crippen LogP contribution in [-0.4, -0.2) is 62.7 Å². The zero-order valence-electron chi connectivity index (χ0n) is 21.5. The maximum absolute atomic E-state index is 13.9. The summed E-state index contributed by atoms with van der Waals surface area (Å²) < 4.78 is 72.1. The van der Waals surface area contributed by atoms with E-state index in [-0.39, 0.29) is 36.4 Å². The summed E-state index contributed by atoms with van der Waals surface area (Å²) in [6.45, 7) is 1.40. The van der Waals surface area contributed by atoms with Crippen LogP contribution in [0.3, 0.4) is 0 Å². The number of nitrogens with zero attached hydrogens (tertiary/aromatic N) is 5. The van der Waals surface area contributed by atoms with Crippen molar-refractivity contribution >= 4 is 17.7 Å². The van der Waals surface area contributed by atoms with E-state index in [1.807, 2.05) is 0 Å². The van der Waals surface area contributed by atoms with Gasteiger partial charge in [0.2, 0.25) is 17.7 Å². The summed E-state index contributed by atoms with van der Waals surface area (Å²) in [6.07, 6.45) is -1.66. The third-order valence-electron chi connectivity index (χ3n) is 6.37. The van der Waals surface area contributed by atoms with Gasteiger partial charge in [-0.15, -0.1) is 0 Å². The number of benzene rings is 1. The van der Waals surface area contributed by atoms with Crippen LogP contribution in [0.5, 0.6) is 5.88 Å². The van der Waals surface area contributed by atoms with Crippen molar-refractivity contribution in [3.63, 3.8) is 0 Å². The lowest BCUT2D eigenvalue weighted by molar-refractivity contribution is -0.145. The highest BCUT2D eigenvalue weighted by atomic mass is 19.4. The van der Waals surface area contributed by atoms with Crippen LogP contribution in [0, 0.1) is 11.6 Å². The number of nitrogens with one attached hydrogen (secondary N) is 2. The van der Waals surface area contributed by atoms with E-state index in [9.17, 15) is 31.9 Å². The Kier molecular flexibility index (Phi) is 8.32. The molecule has 1 aromatic carbocycles. The van der Waals surface area contributed by atoms with Crippen molar-refractivity contribution in [1.29, 1.82) is 0 Å². The van der Waals surface area contributed by atoms with Crippen molar-refractivity contribution in [2.24, 2.45) is 0 Å². The van der Waals surface area contributed by atoms with Crippen LogP contribution < -0.4 is 15.4 Å². The average molecular weight is 568 g/mol. The van der Waals surface area contributed by atoms with Crippen molar-refractivity contribution in [2.45, 2.75) is 37.5 Å². The Bertz CT molecular complexity index is 1340. The molecule has 3 heterocycles. The Hall–Kier alpha value is -4.14. The number of anilines is 2. The number of piperidine rings is 1. The van der Waals surface area contributed by atoms with E-state index >= 15 is 0 Å². The number of likely N-dealkylation sites (tertiary alicyclic amines) is 1. The number of rotatable bonds is 7. The first-order chi connectivity index (χ1) is 18.9.